The Hall–Kier alpha value is -1.01. The van der Waals surface area contributed by atoms with Crippen molar-refractivity contribution in [1.29, 1.82) is 0 Å². The molecule has 0 aromatic heterocycles. The highest BCUT2D eigenvalue weighted by molar-refractivity contribution is 9.10. The summed E-state index contributed by atoms with van der Waals surface area (Å²) in [5.41, 5.74) is 0. The zero-order valence-corrected chi connectivity index (χ0v) is 7.77. The third-order valence-corrected chi connectivity index (χ3v) is 1.86. The van der Waals surface area contributed by atoms with Crippen LogP contribution in [0.5, 0.6) is 5.75 Å². The first-order valence-electron chi connectivity index (χ1n) is 3.25. The molecule has 1 nitrogen and oxygen atoms in total. The van der Waals surface area contributed by atoms with Crippen LogP contribution in [0.1, 0.15) is 0 Å². The van der Waals surface area contributed by atoms with E-state index in [0.29, 0.717) is 10.2 Å². The summed E-state index contributed by atoms with van der Waals surface area (Å²) >= 11 is 3.03. The smallest absolute Gasteiger partial charge is 0.148 e. The summed E-state index contributed by atoms with van der Waals surface area (Å²) in [7, 11) is 0. The number of benzene rings is 1. The van der Waals surface area contributed by atoms with E-state index in [1.165, 1.54) is 6.07 Å². The van der Waals surface area contributed by atoms with E-state index in [2.05, 4.69) is 21.9 Å². The highest BCUT2D eigenvalue weighted by Gasteiger charge is 1.99. The van der Waals surface area contributed by atoms with Crippen LogP contribution < -0.4 is 4.74 Å². The second-order valence-electron chi connectivity index (χ2n) is 2.07. The second kappa shape index (κ2) is 4.13. The molecule has 0 bridgehead atoms. The standard InChI is InChI=1S/C9H6BrFO/c1-2-5-12-7-3-4-8(10)9(11)6-7/h1,3-4,6H,5H2. The van der Waals surface area contributed by atoms with Crippen molar-refractivity contribution in [2.24, 2.45) is 0 Å². The normalized spacial score (nSPS) is 9.08. The van der Waals surface area contributed by atoms with Crippen molar-refractivity contribution in [2.45, 2.75) is 0 Å². The van der Waals surface area contributed by atoms with E-state index in [-0.39, 0.29) is 12.4 Å². The Labute approximate surface area is 78.7 Å². The van der Waals surface area contributed by atoms with Crippen LogP contribution in [0.15, 0.2) is 22.7 Å². The maximum absolute atomic E-state index is 12.8. The molecule has 0 fully saturated rings. The largest absolute Gasteiger partial charge is 0.481 e. The molecule has 62 valence electrons. The fraction of sp³-hybridized carbons (Fsp3) is 0.111. The molecular formula is C9H6BrFO. The molecule has 0 aliphatic rings. The van der Waals surface area contributed by atoms with Gasteiger partial charge in [0.1, 0.15) is 18.2 Å². The molecule has 0 spiro atoms. The van der Waals surface area contributed by atoms with Crippen molar-refractivity contribution in [3.05, 3.63) is 28.5 Å². The van der Waals surface area contributed by atoms with Crippen LogP contribution in [0, 0.1) is 18.2 Å². The topological polar surface area (TPSA) is 9.23 Å². The molecule has 0 unspecified atom stereocenters. The van der Waals surface area contributed by atoms with E-state index in [9.17, 15) is 4.39 Å². The van der Waals surface area contributed by atoms with Gasteiger partial charge in [0.05, 0.1) is 4.47 Å². The number of hydrogen-bond donors (Lipinski definition) is 0. The van der Waals surface area contributed by atoms with Crippen LogP contribution in [0.4, 0.5) is 4.39 Å². The van der Waals surface area contributed by atoms with Crippen molar-refractivity contribution in [3.8, 4) is 18.1 Å². The molecule has 0 saturated heterocycles. The molecule has 0 atom stereocenters. The van der Waals surface area contributed by atoms with Gasteiger partial charge in [-0.2, -0.15) is 0 Å². The molecular weight excluding hydrogens is 223 g/mol. The Morgan fingerprint density at radius 1 is 1.58 bits per heavy atom. The maximum atomic E-state index is 12.8. The first-order valence-corrected chi connectivity index (χ1v) is 4.04. The van der Waals surface area contributed by atoms with Crippen LogP contribution in [0.2, 0.25) is 0 Å². The molecule has 0 amide bonds. The van der Waals surface area contributed by atoms with Gasteiger partial charge in [-0.25, -0.2) is 4.39 Å². The van der Waals surface area contributed by atoms with Crippen molar-refractivity contribution >= 4 is 15.9 Å². The molecule has 12 heavy (non-hydrogen) atoms. The van der Waals surface area contributed by atoms with Crippen LogP contribution in [-0.2, 0) is 0 Å². The van der Waals surface area contributed by atoms with E-state index in [1.807, 2.05) is 0 Å². The number of hydrogen-bond acceptors (Lipinski definition) is 1. The molecule has 0 heterocycles. The van der Waals surface area contributed by atoms with Gasteiger partial charge in [0.2, 0.25) is 0 Å². The summed E-state index contributed by atoms with van der Waals surface area (Å²) < 4.78 is 18.2. The Kier molecular flexibility index (Phi) is 3.12. The Bertz CT molecular complexity index is 317. The average molecular weight is 229 g/mol. The van der Waals surface area contributed by atoms with Gasteiger partial charge in [0, 0.05) is 6.07 Å². The van der Waals surface area contributed by atoms with Gasteiger partial charge in [-0.3, -0.25) is 0 Å². The van der Waals surface area contributed by atoms with E-state index in [1.54, 1.807) is 12.1 Å². The van der Waals surface area contributed by atoms with Crippen molar-refractivity contribution in [3.63, 3.8) is 0 Å². The monoisotopic (exact) mass is 228 g/mol. The first-order chi connectivity index (χ1) is 5.74. The highest BCUT2D eigenvalue weighted by atomic mass is 79.9. The Morgan fingerprint density at radius 2 is 2.33 bits per heavy atom. The first kappa shape index (κ1) is 9.08. The quantitative estimate of drug-likeness (QED) is 0.708. The van der Waals surface area contributed by atoms with E-state index >= 15 is 0 Å². The summed E-state index contributed by atoms with van der Waals surface area (Å²) in [6, 6.07) is 4.49. The molecule has 0 aliphatic heterocycles. The number of terminal acetylenes is 1. The van der Waals surface area contributed by atoms with Crippen LogP contribution in [0.3, 0.4) is 0 Å². The van der Waals surface area contributed by atoms with Gasteiger partial charge < -0.3 is 4.74 Å². The van der Waals surface area contributed by atoms with E-state index < -0.39 is 0 Å². The van der Waals surface area contributed by atoms with Crippen molar-refractivity contribution in [1.82, 2.24) is 0 Å². The Morgan fingerprint density at radius 3 is 2.92 bits per heavy atom. The van der Waals surface area contributed by atoms with Gasteiger partial charge >= 0.3 is 0 Å². The molecule has 1 aromatic carbocycles. The van der Waals surface area contributed by atoms with Gasteiger partial charge in [-0.1, -0.05) is 5.92 Å². The predicted molar refractivity (Wildman–Crippen MR) is 48.4 cm³/mol. The summed E-state index contributed by atoms with van der Waals surface area (Å²) in [4.78, 5) is 0. The van der Waals surface area contributed by atoms with Gasteiger partial charge in [-0.05, 0) is 28.1 Å². The lowest BCUT2D eigenvalue weighted by Gasteiger charge is -2.01. The lowest BCUT2D eigenvalue weighted by molar-refractivity contribution is 0.367. The minimum atomic E-state index is -0.357. The van der Waals surface area contributed by atoms with Crippen molar-refractivity contribution in [2.75, 3.05) is 6.61 Å². The fourth-order valence-corrected chi connectivity index (χ4v) is 0.938. The molecule has 1 aromatic rings. The number of ether oxygens (including phenoxy) is 1. The zero-order chi connectivity index (χ0) is 8.97. The predicted octanol–water partition coefficient (Wildman–Crippen LogP) is 2.60. The SMILES string of the molecule is C#CCOc1ccc(Br)c(F)c1. The molecule has 3 heteroatoms. The van der Waals surface area contributed by atoms with Gasteiger partial charge in [0.15, 0.2) is 0 Å². The molecule has 0 N–H and O–H groups in total. The van der Waals surface area contributed by atoms with Crippen molar-refractivity contribution < 1.29 is 9.13 Å². The molecule has 0 saturated carbocycles. The fourth-order valence-electron chi connectivity index (χ4n) is 0.692. The van der Waals surface area contributed by atoms with E-state index in [4.69, 9.17) is 11.2 Å². The number of rotatable bonds is 2. The summed E-state index contributed by atoms with van der Waals surface area (Å²) in [5, 5.41) is 0. The third-order valence-electron chi connectivity index (χ3n) is 1.21. The average Bonchev–Trinajstić information content (AvgIpc) is 2.07. The van der Waals surface area contributed by atoms with Crippen LogP contribution in [0.25, 0.3) is 0 Å². The lowest BCUT2D eigenvalue weighted by atomic mass is 10.3. The van der Waals surface area contributed by atoms with Crippen LogP contribution in [-0.4, -0.2) is 6.61 Å². The summed E-state index contributed by atoms with van der Waals surface area (Å²) in [6.07, 6.45) is 4.97. The minimum absolute atomic E-state index is 0.154. The number of halogens is 2. The minimum Gasteiger partial charge on any atom is -0.481 e. The lowest BCUT2D eigenvalue weighted by Crippen LogP contribution is -1.93. The zero-order valence-electron chi connectivity index (χ0n) is 6.18. The van der Waals surface area contributed by atoms with Gasteiger partial charge in [-0.15, -0.1) is 6.42 Å². The maximum Gasteiger partial charge on any atom is 0.148 e. The highest BCUT2D eigenvalue weighted by Crippen LogP contribution is 2.20. The summed E-state index contributed by atoms with van der Waals surface area (Å²) in [6.45, 7) is 0.154. The Balaban J connectivity index is 2.77. The molecule has 1 rings (SSSR count). The second-order valence-corrected chi connectivity index (χ2v) is 2.92. The van der Waals surface area contributed by atoms with Gasteiger partial charge in [0.25, 0.3) is 0 Å². The molecule has 0 radical (unpaired) electrons. The van der Waals surface area contributed by atoms with Crippen LogP contribution >= 0.6 is 15.9 Å². The third kappa shape index (κ3) is 2.24. The van der Waals surface area contributed by atoms with E-state index in [0.717, 1.165) is 0 Å². The molecule has 0 aliphatic carbocycles. The summed E-state index contributed by atoms with van der Waals surface area (Å²) in [5.74, 6) is 2.38.